The van der Waals surface area contributed by atoms with Crippen LogP contribution in [0.25, 0.3) is 17.1 Å². The monoisotopic (exact) mass is 609 g/mol. The first-order valence-corrected chi connectivity index (χ1v) is 14.0. The van der Waals surface area contributed by atoms with Crippen LogP contribution < -0.4 is 20.8 Å². The highest BCUT2D eigenvalue weighted by atomic mass is 32.1. The average Bonchev–Trinajstić information content (AvgIpc) is 3.64. The van der Waals surface area contributed by atoms with Crippen LogP contribution in [0.2, 0.25) is 0 Å². The predicted molar refractivity (Wildman–Crippen MR) is 164 cm³/mol. The molecule has 1 unspecified atom stereocenters. The average molecular weight is 610 g/mol. The number of para-hydroxylation sites is 1. The summed E-state index contributed by atoms with van der Waals surface area (Å²) in [6, 6.07) is 20.9. The minimum absolute atomic E-state index is 0.0362. The second kappa shape index (κ2) is 13.2. The van der Waals surface area contributed by atoms with Gasteiger partial charge in [0.1, 0.15) is 5.75 Å². The number of aromatic nitrogens is 3. The van der Waals surface area contributed by atoms with E-state index in [0.29, 0.717) is 41.7 Å². The molecule has 1 aliphatic heterocycles. The molecule has 1 aromatic heterocycles. The van der Waals surface area contributed by atoms with E-state index in [1.807, 2.05) is 42.5 Å². The Bertz CT molecular complexity index is 1570. The Balaban J connectivity index is 1.28. The lowest BCUT2D eigenvalue weighted by atomic mass is 10.0. The van der Waals surface area contributed by atoms with Gasteiger partial charge in [-0.1, -0.05) is 56.3 Å². The van der Waals surface area contributed by atoms with Gasteiger partial charge in [0.2, 0.25) is 5.95 Å². The number of hydrogen-bond donors (Lipinski definition) is 3. The molecule has 13 heteroatoms. The SMILES string of the molecule is CC(C)c1ccccc1NC(=S)N/N=C/c1ccc(-c2nc(NC3CCOC3)n(-c3ccc(OC(F)(F)F)cc3)n2)cc1. The van der Waals surface area contributed by atoms with Gasteiger partial charge in [-0.05, 0) is 66.0 Å². The summed E-state index contributed by atoms with van der Waals surface area (Å²) in [5, 5.41) is 15.8. The first-order chi connectivity index (χ1) is 20.6. The molecule has 0 saturated carbocycles. The van der Waals surface area contributed by atoms with E-state index < -0.39 is 6.36 Å². The fourth-order valence-corrected chi connectivity index (χ4v) is 4.64. The molecule has 1 aliphatic rings. The number of hydrogen-bond acceptors (Lipinski definition) is 7. The zero-order valence-electron chi connectivity index (χ0n) is 23.4. The van der Waals surface area contributed by atoms with Crippen LogP contribution in [-0.4, -0.2) is 51.7 Å². The molecule has 0 radical (unpaired) electrons. The zero-order valence-corrected chi connectivity index (χ0v) is 24.2. The molecule has 2 heterocycles. The molecule has 1 saturated heterocycles. The van der Waals surface area contributed by atoms with Crippen LogP contribution >= 0.6 is 12.2 Å². The number of nitrogens with one attached hydrogen (secondary N) is 3. The van der Waals surface area contributed by atoms with Gasteiger partial charge >= 0.3 is 6.36 Å². The zero-order chi connectivity index (χ0) is 30.4. The lowest BCUT2D eigenvalue weighted by Gasteiger charge is -2.14. The van der Waals surface area contributed by atoms with E-state index in [1.165, 1.54) is 24.3 Å². The highest BCUT2D eigenvalue weighted by Gasteiger charge is 2.31. The maximum absolute atomic E-state index is 12.6. The summed E-state index contributed by atoms with van der Waals surface area (Å²) < 4.78 is 48.8. The van der Waals surface area contributed by atoms with Crippen LogP contribution in [0.15, 0.2) is 77.9 Å². The van der Waals surface area contributed by atoms with Crippen molar-refractivity contribution in [3.63, 3.8) is 0 Å². The summed E-state index contributed by atoms with van der Waals surface area (Å²) >= 11 is 5.39. The highest BCUT2D eigenvalue weighted by Crippen LogP contribution is 2.27. The van der Waals surface area contributed by atoms with Crippen molar-refractivity contribution >= 4 is 35.2 Å². The molecule has 0 amide bonds. The standard InChI is InChI=1S/C30H30F3N7O2S/c1-19(2)25-5-3-4-6-26(25)36-29(43)38-34-17-20-7-9-21(10-8-20)27-37-28(35-22-15-16-41-18-22)40(39-27)23-11-13-24(14-12-23)42-30(31,32)33/h3-14,17,19,22H,15-16,18H2,1-2H3,(H,35,37,39)(H2,36,38,43)/b34-17+. The van der Waals surface area contributed by atoms with Gasteiger partial charge in [-0.25, -0.2) is 0 Å². The van der Waals surface area contributed by atoms with Crippen molar-refractivity contribution in [2.45, 2.75) is 38.6 Å². The van der Waals surface area contributed by atoms with Crippen molar-refractivity contribution in [3.05, 3.63) is 83.9 Å². The molecule has 0 spiro atoms. The fraction of sp³-hybridized carbons (Fsp3) is 0.267. The van der Waals surface area contributed by atoms with E-state index >= 15 is 0 Å². The van der Waals surface area contributed by atoms with Gasteiger partial charge in [0.25, 0.3) is 0 Å². The van der Waals surface area contributed by atoms with Gasteiger partial charge in [0.15, 0.2) is 10.9 Å². The van der Waals surface area contributed by atoms with Gasteiger partial charge in [0.05, 0.1) is 24.6 Å². The summed E-state index contributed by atoms with van der Waals surface area (Å²) in [7, 11) is 0. The van der Waals surface area contributed by atoms with E-state index in [2.05, 4.69) is 55.9 Å². The number of rotatable bonds is 9. The van der Waals surface area contributed by atoms with Crippen LogP contribution in [0.5, 0.6) is 5.75 Å². The van der Waals surface area contributed by atoms with Crippen molar-refractivity contribution in [3.8, 4) is 22.8 Å². The van der Waals surface area contributed by atoms with Crippen molar-refractivity contribution in [1.29, 1.82) is 0 Å². The lowest BCUT2D eigenvalue weighted by molar-refractivity contribution is -0.274. The Morgan fingerprint density at radius 3 is 2.51 bits per heavy atom. The molecule has 4 aromatic rings. The number of hydrazone groups is 1. The van der Waals surface area contributed by atoms with E-state index in [9.17, 15) is 13.2 Å². The second-order valence-electron chi connectivity index (χ2n) is 10.1. The van der Waals surface area contributed by atoms with Crippen molar-refractivity contribution in [1.82, 2.24) is 20.2 Å². The number of ether oxygens (including phenoxy) is 2. The van der Waals surface area contributed by atoms with Crippen LogP contribution in [0, 0.1) is 0 Å². The molecule has 3 aromatic carbocycles. The topological polar surface area (TPSA) is 97.6 Å². The molecule has 1 atom stereocenters. The highest BCUT2D eigenvalue weighted by molar-refractivity contribution is 7.80. The van der Waals surface area contributed by atoms with Gasteiger partial charge in [-0.2, -0.15) is 14.8 Å². The first kappa shape index (κ1) is 30.0. The van der Waals surface area contributed by atoms with E-state index in [-0.39, 0.29) is 11.8 Å². The number of thiocarbonyl (C=S) groups is 1. The molecule has 224 valence electrons. The molecule has 0 bridgehead atoms. The van der Waals surface area contributed by atoms with Crippen molar-refractivity contribution < 1.29 is 22.6 Å². The number of alkyl halides is 3. The lowest BCUT2D eigenvalue weighted by Crippen LogP contribution is -2.24. The number of nitrogens with zero attached hydrogens (tertiary/aromatic N) is 4. The van der Waals surface area contributed by atoms with E-state index in [1.54, 1.807) is 10.9 Å². The minimum Gasteiger partial charge on any atom is -0.406 e. The van der Waals surface area contributed by atoms with Gasteiger partial charge in [-0.3, -0.25) is 5.43 Å². The minimum atomic E-state index is -4.77. The van der Waals surface area contributed by atoms with Crippen LogP contribution in [0.4, 0.5) is 24.8 Å². The first-order valence-electron chi connectivity index (χ1n) is 13.6. The Hall–Kier alpha value is -4.49. The number of benzene rings is 3. The molecule has 0 aliphatic carbocycles. The molecule has 1 fully saturated rings. The third kappa shape index (κ3) is 8.08. The Kier molecular flexibility index (Phi) is 9.22. The summed E-state index contributed by atoms with van der Waals surface area (Å²) in [5.41, 5.74) is 7.02. The maximum Gasteiger partial charge on any atom is 0.573 e. The van der Waals surface area contributed by atoms with Gasteiger partial charge < -0.3 is 20.1 Å². The van der Waals surface area contributed by atoms with Crippen LogP contribution in [0.1, 0.15) is 37.3 Å². The Morgan fingerprint density at radius 1 is 1.09 bits per heavy atom. The largest absolute Gasteiger partial charge is 0.573 e. The second-order valence-corrected chi connectivity index (χ2v) is 10.5. The third-order valence-electron chi connectivity index (χ3n) is 6.56. The van der Waals surface area contributed by atoms with Crippen molar-refractivity contribution in [2.24, 2.45) is 5.10 Å². The quantitative estimate of drug-likeness (QED) is 0.113. The number of anilines is 2. The van der Waals surface area contributed by atoms with E-state index in [0.717, 1.165) is 28.8 Å². The predicted octanol–water partition coefficient (Wildman–Crippen LogP) is 6.48. The van der Waals surface area contributed by atoms with Gasteiger partial charge in [0, 0.05) is 17.9 Å². The maximum atomic E-state index is 12.6. The van der Waals surface area contributed by atoms with Gasteiger partial charge in [-0.15, -0.1) is 18.3 Å². The molecule has 43 heavy (non-hydrogen) atoms. The summed E-state index contributed by atoms with van der Waals surface area (Å²) in [5.74, 6) is 0.910. The van der Waals surface area contributed by atoms with E-state index in [4.69, 9.17) is 17.0 Å². The van der Waals surface area contributed by atoms with Crippen molar-refractivity contribution in [2.75, 3.05) is 23.8 Å². The molecule has 9 nitrogen and oxygen atoms in total. The molecule has 3 N–H and O–H groups in total. The molecular weight excluding hydrogens is 579 g/mol. The Labute approximate surface area is 252 Å². The molecular formula is C30H30F3N7O2S. The third-order valence-corrected chi connectivity index (χ3v) is 6.76. The summed E-state index contributed by atoms with van der Waals surface area (Å²) in [4.78, 5) is 4.68. The summed E-state index contributed by atoms with van der Waals surface area (Å²) in [6.07, 6.45) is -2.33. The Morgan fingerprint density at radius 2 is 1.84 bits per heavy atom. The number of halogens is 3. The molecule has 5 rings (SSSR count). The van der Waals surface area contributed by atoms with Crippen LogP contribution in [0.3, 0.4) is 0 Å². The van der Waals surface area contributed by atoms with Crippen LogP contribution in [-0.2, 0) is 4.74 Å². The normalized spacial score (nSPS) is 15.2. The summed E-state index contributed by atoms with van der Waals surface area (Å²) in [6.45, 7) is 5.39. The fourth-order valence-electron chi connectivity index (χ4n) is 4.48. The smallest absolute Gasteiger partial charge is 0.406 e.